The summed E-state index contributed by atoms with van der Waals surface area (Å²) in [4.78, 5) is 41.1. The molecule has 18 heteroatoms. The van der Waals surface area contributed by atoms with Gasteiger partial charge in [0.05, 0.1) is 25.9 Å². The molecule has 0 saturated carbocycles. The Hall–Kier alpha value is -2.23. The van der Waals surface area contributed by atoms with Gasteiger partial charge in [-0.3, -0.25) is 24.3 Å². The minimum absolute atomic E-state index is 0.0193. The second-order valence-electron chi connectivity index (χ2n) is 8.68. The van der Waals surface area contributed by atoms with Crippen LogP contribution in [0.4, 0.5) is 4.79 Å². The van der Waals surface area contributed by atoms with Crippen LogP contribution in [0.3, 0.4) is 0 Å². The molecule has 2 saturated heterocycles. The highest BCUT2D eigenvalue weighted by atomic mass is 79.9. The summed E-state index contributed by atoms with van der Waals surface area (Å²) in [5.41, 5.74) is 9.11. The number of nitrogens with one attached hydrogen (secondary N) is 2. The number of imide groups is 1. The molecule has 0 radical (unpaired) electrons. The summed E-state index contributed by atoms with van der Waals surface area (Å²) in [6.07, 6.45) is -3.05. The number of azide groups is 1. The number of esters is 1. The lowest BCUT2D eigenvalue weighted by atomic mass is 10.0. The number of nitrogens with zero attached hydrogens (tertiary/aromatic N) is 4. The molecule has 1 aromatic rings. The van der Waals surface area contributed by atoms with E-state index >= 15 is 0 Å². The number of methoxy groups -OCH3 is 2. The third-order valence-corrected chi connectivity index (χ3v) is 8.78. The lowest BCUT2D eigenvalue weighted by Crippen LogP contribution is -2.69. The van der Waals surface area contributed by atoms with Crippen LogP contribution in [0.15, 0.2) is 33.9 Å². The second kappa shape index (κ2) is 13.0. The zero-order valence-electron chi connectivity index (χ0n) is 21.3. The van der Waals surface area contributed by atoms with Gasteiger partial charge in [0.25, 0.3) is 0 Å². The molecule has 3 unspecified atom stereocenters. The zero-order valence-corrected chi connectivity index (χ0v) is 25.3. The Balaban J connectivity index is 1.83. The zero-order chi connectivity index (χ0) is 29.0. The van der Waals surface area contributed by atoms with Crippen LogP contribution in [0.25, 0.3) is 10.4 Å². The molecule has 2 aliphatic heterocycles. The van der Waals surface area contributed by atoms with E-state index in [2.05, 4.69) is 57.0 Å². The molecule has 0 spiro atoms. The van der Waals surface area contributed by atoms with Gasteiger partial charge in [0, 0.05) is 22.9 Å². The fourth-order valence-electron chi connectivity index (χ4n) is 3.99. The predicted molar refractivity (Wildman–Crippen MR) is 143 cm³/mol. The maximum Gasteiger partial charge on any atom is 0.459 e. The standard InChI is InChI=1S/C21H27Br2N6O9P/c1-11(17(30)34-3)27-39(33,38-13-7-5-6-12(22)8-13)36-10-15-14(26-28-24)9-16(37-15)29-19(35-4)21(2,23)18(31)25-20(29)32/h5-8,11,14-16,19H,9-10H2,1-4H3,(H,27,33)(H,25,31,32)/t11-,14-,15+,16+,19?,21?,39?/m0/s1. The van der Waals surface area contributed by atoms with Gasteiger partial charge in [-0.2, -0.15) is 5.09 Å². The van der Waals surface area contributed by atoms with Crippen LogP contribution in [0, 0.1) is 0 Å². The molecule has 2 aliphatic rings. The Labute approximate surface area is 240 Å². The summed E-state index contributed by atoms with van der Waals surface area (Å²) in [6.45, 7) is 2.51. The minimum Gasteiger partial charge on any atom is -0.468 e. The molecule has 15 nitrogen and oxygen atoms in total. The quantitative estimate of drug-likeness (QED) is 0.0863. The van der Waals surface area contributed by atoms with E-state index in [-0.39, 0.29) is 12.2 Å². The lowest BCUT2D eigenvalue weighted by molar-refractivity contribution is -0.152. The van der Waals surface area contributed by atoms with Gasteiger partial charge in [0.2, 0.25) is 5.91 Å². The van der Waals surface area contributed by atoms with Crippen LogP contribution in [-0.4, -0.2) is 78.6 Å². The number of carbonyl (C=O) groups excluding carboxylic acids is 3. The number of benzene rings is 1. The summed E-state index contributed by atoms with van der Waals surface area (Å²) in [5.74, 6) is -1.14. The maximum absolute atomic E-state index is 13.7. The molecule has 0 aromatic heterocycles. The molecule has 214 valence electrons. The van der Waals surface area contributed by atoms with Crippen LogP contribution in [-0.2, 0) is 32.9 Å². The molecule has 3 amide bonds. The van der Waals surface area contributed by atoms with Gasteiger partial charge in [0.1, 0.15) is 22.3 Å². The highest BCUT2D eigenvalue weighted by molar-refractivity contribution is 9.10. The normalized spacial score (nSPS) is 29.1. The van der Waals surface area contributed by atoms with Crippen molar-refractivity contribution in [2.75, 3.05) is 20.8 Å². The number of urea groups is 1. The number of halogens is 2. The molecule has 2 N–H and O–H groups in total. The van der Waals surface area contributed by atoms with Gasteiger partial charge in [-0.05, 0) is 37.6 Å². The molecule has 2 heterocycles. The first-order chi connectivity index (χ1) is 18.3. The number of carbonyl (C=O) groups is 3. The Kier molecular flexibility index (Phi) is 10.4. The first-order valence-electron chi connectivity index (χ1n) is 11.5. The van der Waals surface area contributed by atoms with Crippen LogP contribution in [0.2, 0.25) is 0 Å². The number of ether oxygens (including phenoxy) is 3. The van der Waals surface area contributed by atoms with E-state index in [9.17, 15) is 18.9 Å². The smallest absolute Gasteiger partial charge is 0.459 e. The van der Waals surface area contributed by atoms with E-state index in [0.29, 0.717) is 4.47 Å². The van der Waals surface area contributed by atoms with Gasteiger partial charge in [-0.25, -0.2) is 9.36 Å². The van der Waals surface area contributed by atoms with Crippen molar-refractivity contribution in [1.29, 1.82) is 0 Å². The summed E-state index contributed by atoms with van der Waals surface area (Å²) >= 11 is 6.60. The molecule has 0 bridgehead atoms. The number of amides is 3. The Bertz CT molecular complexity index is 1200. The fourth-order valence-corrected chi connectivity index (χ4v) is 6.37. The molecule has 39 heavy (non-hydrogen) atoms. The van der Waals surface area contributed by atoms with Gasteiger partial charge in [-0.15, -0.1) is 0 Å². The van der Waals surface area contributed by atoms with Crippen LogP contribution in [0.1, 0.15) is 20.3 Å². The molecule has 1 aromatic carbocycles. The van der Waals surface area contributed by atoms with E-state index in [1.54, 1.807) is 18.2 Å². The minimum atomic E-state index is -4.25. The van der Waals surface area contributed by atoms with E-state index in [1.165, 1.54) is 39.0 Å². The molecule has 2 fully saturated rings. The van der Waals surface area contributed by atoms with Crippen molar-refractivity contribution >= 4 is 57.5 Å². The van der Waals surface area contributed by atoms with Crippen LogP contribution in [0.5, 0.6) is 5.75 Å². The summed E-state index contributed by atoms with van der Waals surface area (Å²) < 4.78 is 40.4. The predicted octanol–water partition coefficient (Wildman–Crippen LogP) is 3.58. The largest absolute Gasteiger partial charge is 0.468 e. The highest BCUT2D eigenvalue weighted by Crippen LogP contribution is 2.46. The number of hydrogen-bond donors (Lipinski definition) is 2. The van der Waals surface area contributed by atoms with Crippen molar-refractivity contribution in [3.8, 4) is 5.75 Å². The van der Waals surface area contributed by atoms with Crippen molar-refractivity contribution in [3.63, 3.8) is 0 Å². The van der Waals surface area contributed by atoms with Gasteiger partial charge in [-0.1, -0.05) is 43.0 Å². The Morgan fingerprint density at radius 2 is 2.15 bits per heavy atom. The van der Waals surface area contributed by atoms with E-state index < -0.39 is 67.2 Å². The van der Waals surface area contributed by atoms with Crippen molar-refractivity contribution in [3.05, 3.63) is 39.2 Å². The summed E-state index contributed by atoms with van der Waals surface area (Å²) in [7, 11) is -1.75. The topological polar surface area (TPSA) is 190 Å². The van der Waals surface area contributed by atoms with Crippen molar-refractivity contribution in [2.24, 2.45) is 5.11 Å². The van der Waals surface area contributed by atoms with E-state index in [4.69, 9.17) is 24.1 Å². The van der Waals surface area contributed by atoms with E-state index in [1.807, 2.05) is 0 Å². The maximum atomic E-state index is 13.7. The highest BCUT2D eigenvalue weighted by Gasteiger charge is 2.54. The number of alkyl halides is 1. The van der Waals surface area contributed by atoms with Gasteiger partial charge >= 0.3 is 19.7 Å². The van der Waals surface area contributed by atoms with Crippen molar-refractivity contribution in [1.82, 2.24) is 15.3 Å². The Morgan fingerprint density at radius 3 is 2.77 bits per heavy atom. The first-order valence-corrected chi connectivity index (χ1v) is 14.6. The third-order valence-electron chi connectivity index (χ3n) is 5.89. The molecular formula is C21H27Br2N6O9P. The van der Waals surface area contributed by atoms with Crippen LogP contribution >= 0.6 is 39.6 Å². The molecular weight excluding hydrogens is 671 g/mol. The van der Waals surface area contributed by atoms with Gasteiger partial charge < -0.3 is 18.7 Å². The van der Waals surface area contributed by atoms with Gasteiger partial charge in [0.15, 0.2) is 6.23 Å². The average Bonchev–Trinajstić information content (AvgIpc) is 3.26. The lowest BCUT2D eigenvalue weighted by Gasteiger charge is -2.44. The van der Waals surface area contributed by atoms with Crippen molar-refractivity contribution in [2.45, 2.75) is 55.2 Å². The van der Waals surface area contributed by atoms with E-state index in [0.717, 1.165) is 0 Å². The number of rotatable bonds is 11. The summed E-state index contributed by atoms with van der Waals surface area (Å²) in [6, 6.07) is 3.75. The third kappa shape index (κ3) is 7.30. The second-order valence-corrected chi connectivity index (χ2v) is 12.9. The first kappa shape index (κ1) is 31.3. The average molecular weight is 698 g/mol. The molecule has 7 atom stereocenters. The fraction of sp³-hybridized carbons (Fsp3) is 0.571. The van der Waals surface area contributed by atoms with Crippen LogP contribution < -0.4 is 14.9 Å². The molecule has 3 rings (SSSR count). The monoisotopic (exact) mass is 696 g/mol. The Morgan fingerprint density at radius 1 is 1.44 bits per heavy atom. The summed E-state index contributed by atoms with van der Waals surface area (Å²) in [5, 5.41) is 8.50. The van der Waals surface area contributed by atoms with Crippen molar-refractivity contribution < 1.29 is 42.2 Å². The SMILES string of the molecule is COC(=O)[C@H](C)NP(=O)(OC[C@H]1O[C@@H](N2C(=O)NC(=O)C(C)(Br)C2OC)C[C@@H]1N=[N+]=[N-])Oc1cccc(Br)c1. The number of hydrogen-bond acceptors (Lipinski definition) is 10. The molecule has 0 aliphatic carbocycles.